The number of rotatable bonds is 2. The van der Waals surface area contributed by atoms with Crippen molar-refractivity contribution in [3.63, 3.8) is 0 Å². The van der Waals surface area contributed by atoms with Gasteiger partial charge in [-0.05, 0) is 24.6 Å². The van der Waals surface area contributed by atoms with Crippen LogP contribution in [0.2, 0.25) is 0 Å². The number of halogens is 1. The van der Waals surface area contributed by atoms with E-state index in [9.17, 15) is 4.39 Å². The average molecular weight is 221 g/mol. The summed E-state index contributed by atoms with van der Waals surface area (Å²) >= 11 is 0. The summed E-state index contributed by atoms with van der Waals surface area (Å²) in [6, 6.07) is 4.82. The number of aryl methyl sites for hydroxylation is 1. The molecule has 16 heavy (non-hydrogen) atoms. The Morgan fingerprint density at radius 2 is 2.12 bits per heavy atom. The van der Waals surface area contributed by atoms with Gasteiger partial charge in [-0.15, -0.1) is 0 Å². The summed E-state index contributed by atoms with van der Waals surface area (Å²) in [7, 11) is 1.43. The first kappa shape index (κ1) is 10.6. The van der Waals surface area contributed by atoms with Gasteiger partial charge in [-0.25, -0.2) is 15.2 Å². The van der Waals surface area contributed by atoms with Gasteiger partial charge in [0.2, 0.25) is 0 Å². The van der Waals surface area contributed by atoms with E-state index in [1.54, 1.807) is 6.07 Å². The van der Waals surface area contributed by atoms with E-state index in [0.29, 0.717) is 11.3 Å². The predicted molar refractivity (Wildman–Crippen MR) is 60.8 cm³/mol. The van der Waals surface area contributed by atoms with Crippen LogP contribution in [-0.4, -0.2) is 12.1 Å². The molecule has 3 N–H and O–H groups in total. The summed E-state index contributed by atoms with van der Waals surface area (Å²) in [6.07, 6.45) is 0. The molecule has 2 rings (SSSR count). The van der Waals surface area contributed by atoms with Crippen molar-refractivity contribution in [2.24, 2.45) is 5.84 Å². The summed E-state index contributed by atoms with van der Waals surface area (Å²) in [6.45, 7) is 1.87. The number of nitrogens with two attached hydrogens (primary N) is 1. The van der Waals surface area contributed by atoms with Crippen molar-refractivity contribution >= 4 is 16.7 Å². The Morgan fingerprint density at radius 1 is 1.38 bits per heavy atom. The Labute approximate surface area is 92.2 Å². The minimum Gasteiger partial charge on any atom is -0.494 e. The molecule has 0 saturated carbocycles. The summed E-state index contributed by atoms with van der Waals surface area (Å²) in [5, 5.41) is 0.815. The standard InChI is InChI=1S/C11H12FN3O/c1-6-3-7-4-10(16-2)8(12)5-9(7)14-11(6)15-13/h3-5H,13H2,1-2H3,(H,14,15). The number of nitrogens with one attached hydrogen (secondary N) is 1. The molecule has 0 unspecified atom stereocenters. The van der Waals surface area contributed by atoms with Gasteiger partial charge in [-0.3, -0.25) is 0 Å². The van der Waals surface area contributed by atoms with Crippen molar-refractivity contribution < 1.29 is 9.13 Å². The number of nitrogen functional groups attached to an aromatic ring is 1. The fraction of sp³-hybridized carbons (Fsp3) is 0.182. The molecule has 84 valence electrons. The van der Waals surface area contributed by atoms with Gasteiger partial charge in [0.25, 0.3) is 0 Å². The van der Waals surface area contributed by atoms with Crippen LogP contribution >= 0.6 is 0 Å². The number of hydrogen-bond acceptors (Lipinski definition) is 4. The van der Waals surface area contributed by atoms with Crippen LogP contribution in [0.25, 0.3) is 10.9 Å². The average Bonchev–Trinajstić information content (AvgIpc) is 2.28. The first-order valence-corrected chi connectivity index (χ1v) is 4.77. The largest absolute Gasteiger partial charge is 0.494 e. The van der Waals surface area contributed by atoms with Gasteiger partial charge in [-0.2, -0.15) is 0 Å². The number of methoxy groups -OCH3 is 1. The molecule has 1 aromatic heterocycles. The molecule has 1 aromatic carbocycles. The Balaban J connectivity index is 2.71. The van der Waals surface area contributed by atoms with Crippen molar-refractivity contribution in [1.82, 2.24) is 4.98 Å². The van der Waals surface area contributed by atoms with Crippen molar-refractivity contribution in [2.75, 3.05) is 12.5 Å². The zero-order chi connectivity index (χ0) is 11.7. The third-order valence-electron chi connectivity index (χ3n) is 2.42. The van der Waals surface area contributed by atoms with E-state index in [4.69, 9.17) is 10.6 Å². The zero-order valence-electron chi connectivity index (χ0n) is 9.04. The van der Waals surface area contributed by atoms with Gasteiger partial charge in [0.05, 0.1) is 12.6 Å². The van der Waals surface area contributed by atoms with Crippen LogP contribution < -0.4 is 16.0 Å². The van der Waals surface area contributed by atoms with Crippen LogP contribution in [0, 0.1) is 12.7 Å². The van der Waals surface area contributed by atoms with Crippen LogP contribution in [0.15, 0.2) is 18.2 Å². The molecule has 0 saturated heterocycles. The molecule has 0 aliphatic rings. The lowest BCUT2D eigenvalue weighted by Crippen LogP contribution is -2.10. The predicted octanol–water partition coefficient (Wildman–Crippen LogP) is 1.98. The molecule has 4 nitrogen and oxygen atoms in total. The fourth-order valence-corrected chi connectivity index (χ4v) is 1.58. The molecule has 0 bridgehead atoms. The lowest BCUT2D eigenvalue weighted by atomic mass is 10.1. The SMILES string of the molecule is COc1cc2cc(C)c(NN)nc2cc1F. The first-order chi connectivity index (χ1) is 7.65. The molecule has 0 fully saturated rings. The number of ether oxygens (including phenoxy) is 1. The van der Waals surface area contributed by atoms with Crippen LogP contribution in [0.5, 0.6) is 5.75 Å². The quantitative estimate of drug-likeness (QED) is 0.601. The van der Waals surface area contributed by atoms with Gasteiger partial charge in [-0.1, -0.05) is 0 Å². The third-order valence-corrected chi connectivity index (χ3v) is 2.42. The molecule has 0 atom stereocenters. The zero-order valence-corrected chi connectivity index (χ0v) is 9.04. The van der Waals surface area contributed by atoms with Crippen LogP contribution in [0.3, 0.4) is 0 Å². The number of aromatic nitrogens is 1. The molecule has 0 amide bonds. The van der Waals surface area contributed by atoms with Crippen LogP contribution in [0.4, 0.5) is 10.2 Å². The van der Waals surface area contributed by atoms with Gasteiger partial charge in [0.15, 0.2) is 11.6 Å². The van der Waals surface area contributed by atoms with E-state index in [2.05, 4.69) is 10.4 Å². The number of hydrazine groups is 1. The lowest BCUT2D eigenvalue weighted by molar-refractivity contribution is 0.387. The Morgan fingerprint density at radius 3 is 2.75 bits per heavy atom. The summed E-state index contributed by atoms with van der Waals surface area (Å²) in [5.41, 5.74) is 3.90. The molecule has 2 aromatic rings. The first-order valence-electron chi connectivity index (χ1n) is 4.77. The molecular formula is C11H12FN3O. The lowest BCUT2D eigenvalue weighted by Gasteiger charge is -2.08. The normalized spacial score (nSPS) is 10.5. The summed E-state index contributed by atoms with van der Waals surface area (Å²) < 4.78 is 18.3. The highest BCUT2D eigenvalue weighted by molar-refractivity contribution is 5.83. The summed E-state index contributed by atoms with van der Waals surface area (Å²) in [4.78, 5) is 4.20. The number of anilines is 1. The molecule has 0 radical (unpaired) electrons. The Hall–Kier alpha value is -1.88. The van der Waals surface area contributed by atoms with Crippen molar-refractivity contribution in [2.45, 2.75) is 6.92 Å². The molecule has 0 aliphatic heterocycles. The van der Waals surface area contributed by atoms with Crippen molar-refractivity contribution in [1.29, 1.82) is 0 Å². The fourth-order valence-electron chi connectivity index (χ4n) is 1.58. The highest BCUT2D eigenvalue weighted by atomic mass is 19.1. The summed E-state index contributed by atoms with van der Waals surface area (Å²) in [5.74, 6) is 5.62. The second-order valence-electron chi connectivity index (χ2n) is 3.48. The second-order valence-corrected chi connectivity index (χ2v) is 3.48. The highest BCUT2D eigenvalue weighted by Crippen LogP contribution is 2.26. The maximum atomic E-state index is 13.4. The van der Waals surface area contributed by atoms with E-state index in [0.717, 1.165) is 10.9 Å². The van der Waals surface area contributed by atoms with E-state index < -0.39 is 5.82 Å². The molecule has 0 spiro atoms. The maximum Gasteiger partial charge on any atom is 0.167 e. The Kier molecular flexibility index (Phi) is 2.62. The van der Waals surface area contributed by atoms with Crippen molar-refractivity contribution in [3.8, 4) is 5.75 Å². The van der Waals surface area contributed by atoms with Crippen LogP contribution in [-0.2, 0) is 0 Å². The Bertz CT molecular complexity index is 493. The smallest absolute Gasteiger partial charge is 0.167 e. The van der Waals surface area contributed by atoms with E-state index in [1.165, 1.54) is 13.2 Å². The van der Waals surface area contributed by atoms with Gasteiger partial charge in [0.1, 0.15) is 5.82 Å². The van der Waals surface area contributed by atoms with Crippen LogP contribution in [0.1, 0.15) is 5.56 Å². The molecular weight excluding hydrogens is 209 g/mol. The van der Waals surface area contributed by atoms with Crippen molar-refractivity contribution in [3.05, 3.63) is 29.6 Å². The van der Waals surface area contributed by atoms with Gasteiger partial charge >= 0.3 is 0 Å². The molecule has 0 aliphatic carbocycles. The number of hydrogen-bond donors (Lipinski definition) is 2. The number of nitrogens with zero attached hydrogens (tertiary/aromatic N) is 1. The van der Waals surface area contributed by atoms with E-state index in [-0.39, 0.29) is 5.75 Å². The minimum absolute atomic E-state index is 0.210. The third kappa shape index (κ3) is 1.65. The molecule has 1 heterocycles. The topological polar surface area (TPSA) is 60.2 Å². The number of benzene rings is 1. The maximum absolute atomic E-state index is 13.4. The van der Waals surface area contributed by atoms with E-state index in [1.807, 2.05) is 13.0 Å². The van der Waals surface area contributed by atoms with Gasteiger partial charge in [0, 0.05) is 11.5 Å². The minimum atomic E-state index is -0.436. The number of fused-ring (bicyclic) bond motifs is 1. The monoisotopic (exact) mass is 221 g/mol. The highest BCUT2D eigenvalue weighted by Gasteiger charge is 2.08. The second kappa shape index (κ2) is 3.94. The molecule has 5 heteroatoms. The number of pyridine rings is 1. The van der Waals surface area contributed by atoms with E-state index >= 15 is 0 Å². The van der Waals surface area contributed by atoms with Gasteiger partial charge < -0.3 is 10.2 Å².